The summed E-state index contributed by atoms with van der Waals surface area (Å²) in [5, 5.41) is 0.640. The number of para-hydroxylation sites is 1. The highest BCUT2D eigenvalue weighted by Gasteiger charge is 2.23. The number of aromatic nitrogens is 2. The Hall–Kier alpha value is -3.33. The molecule has 0 N–H and O–H groups in total. The first-order chi connectivity index (χ1) is 19.3. The summed E-state index contributed by atoms with van der Waals surface area (Å²) >= 11 is 6.73. The highest BCUT2D eigenvalue weighted by atomic mass is 35.5. The van der Waals surface area contributed by atoms with Crippen molar-refractivity contribution in [1.82, 2.24) is 19.8 Å². The molecule has 3 aromatic carbocycles. The Kier molecular flexibility index (Phi) is 7.33. The van der Waals surface area contributed by atoms with Gasteiger partial charge in [0, 0.05) is 54.4 Å². The zero-order valence-electron chi connectivity index (χ0n) is 22.4. The van der Waals surface area contributed by atoms with Gasteiger partial charge >= 0.3 is 0 Å². The molecule has 0 radical (unpaired) electrons. The maximum Gasteiger partial charge on any atom is 0.254 e. The van der Waals surface area contributed by atoms with Gasteiger partial charge in [0.2, 0.25) is 0 Å². The van der Waals surface area contributed by atoms with Gasteiger partial charge in [0.25, 0.3) is 5.91 Å². The lowest BCUT2D eigenvalue weighted by atomic mass is 10.0. The molecule has 2 aliphatic rings. The Morgan fingerprint density at radius 2 is 1.70 bits per heavy atom. The van der Waals surface area contributed by atoms with Crippen molar-refractivity contribution in [3.63, 3.8) is 0 Å². The minimum absolute atomic E-state index is 0.0964. The maximum atomic E-state index is 12.9. The largest absolute Gasteiger partial charge is 0.339 e. The molecular weight excluding hydrogens is 544 g/mol. The minimum atomic E-state index is -2.92. The van der Waals surface area contributed by atoms with E-state index in [9.17, 15) is 13.2 Å². The second kappa shape index (κ2) is 10.9. The Bertz CT molecular complexity index is 1700. The van der Waals surface area contributed by atoms with E-state index < -0.39 is 9.84 Å². The minimum Gasteiger partial charge on any atom is -0.339 e. The van der Waals surface area contributed by atoms with E-state index in [0.717, 1.165) is 76.0 Å². The molecule has 6 rings (SSSR count). The average Bonchev–Trinajstić information content (AvgIpc) is 3.49. The Labute approximate surface area is 239 Å². The Morgan fingerprint density at radius 1 is 0.950 bits per heavy atom. The summed E-state index contributed by atoms with van der Waals surface area (Å²) in [5.41, 5.74) is 7.72. The monoisotopic (exact) mass is 574 g/mol. The first kappa shape index (κ1) is 26.9. The van der Waals surface area contributed by atoms with E-state index in [-0.39, 0.29) is 17.4 Å². The van der Waals surface area contributed by atoms with E-state index in [1.165, 1.54) is 0 Å². The third-order valence-electron chi connectivity index (χ3n) is 7.91. The highest BCUT2D eigenvalue weighted by Crippen LogP contribution is 2.32. The van der Waals surface area contributed by atoms with Crippen LogP contribution in [0.1, 0.15) is 34.3 Å². The number of carbonyl (C=O) groups is 1. The summed E-state index contributed by atoms with van der Waals surface area (Å²) in [5.74, 6) is 0.479. The van der Waals surface area contributed by atoms with E-state index >= 15 is 0 Å². The molecule has 1 aromatic heterocycles. The second-order valence-corrected chi connectivity index (χ2v) is 13.4. The number of hydrogen-bond acceptors (Lipinski definition) is 6. The van der Waals surface area contributed by atoms with Crippen LogP contribution >= 0.6 is 11.6 Å². The smallest absolute Gasteiger partial charge is 0.254 e. The van der Waals surface area contributed by atoms with E-state index in [2.05, 4.69) is 4.90 Å². The van der Waals surface area contributed by atoms with Crippen LogP contribution < -0.4 is 0 Å². The van der Waals surface area contributed by atoms with Crippen LogP contribution in [0.15, 0.2) is 60.8 Å². The Balaban J connectivity index is 1.28. The van der Waals surface area contributed by atoms with Crippen LogP contribution in [0.3, 0.4) is 0 Å². The number of halogens is 1. The van der Waals surface area contributed by atoms with Crippen molar-refractivity contribution in [2.75, 3.05) is 37.7 Å². The maximum absolute atomic E-state index is 12.9. The van der Waals surface area contributed by atoms with Gasteiger partial charge < -0.3 is 4.90 Å². The van der Waals surface area contributed by atoms with Crippen molar-refractivity contribution in [2.24, 2.45) is 0 Å². The lowest BCUT2D eigenvalue weighted by Crippen LogP contribution is -2.39. The lowest BCUT2D eigenvalue weighted by molar-refractivity contribution is 0.0792. The van der Waals surface area contributed by atoms with Gasteiger partial charge in [0.15, 0.2) is 9.84 Å². The molecule has 3 heterocycles. The van der Waals surface area contributed by atoms with Crippen LogP contribution in [0.5, 0.6) is 0 Å². The summed E-state index contributed by atoms with van der Waals surface area (Å²) in [6, 6.07) is 17.8. The predicted molar refractivity (Wildman–Crippen MR) is 159 cm³/mol. The SMILES string of the molecule is Cc1cc(-c2cnc3cccc(-c4ccc(CN5CCS(=O)(=O)CC5)c(Cl)c4)c3n2)ccc1C(=O)N1CCCC1. The van der Waals surface area contributed by atoms with Gasteiger partial charge in [-0.1, -0.05) is 41.9 Å². The third kappa shape index (κ3) is 5.48. The van der Waals surface area contributed by atoms with Crippen LogP contribution in [0.4, 0.5) is 0 Å². The quantitative estimate of drug-likeness (QED) is 0.318. The van der Waals surface area contributed by atoms with Gasteiger partial charge in [-0.2, -0.15) is 0 Å². The predicted octanol–water partition coefficient (Wildman–Crippen LogP) is 5.39. The zero-order chi connectivity index (χ0) is 27.9. The number of nitrogens with zero attached hydrogens (tertiary/aromatic N) is 4. The van der Waals surface area contributed by atoms with Crippen LogP contribution in [0, 0.1) is 6.92 Å². The molecule has 9 heteroatoms. The fourth-order valence-corrected chi connectivity index (χ4v) is 7.07. The fourth-order valence-electron chi connectivity index (χ4n) is 5.55. The molecule has 0 aliphatic carbocycles. The van der Waals surface area contributed by atoms with Crippen LogP contribution in [0.25, 0.3) is 33.4 Å². The summed E-state index contributed by atoms with van der Waals surface area (Å²) in [6.07, 6.45) is 3.91. The number of sulfone groups is 1. The standard InChI is InChI=1S/C31H31ClN4O3S/c1-21-17-23(9-10-25(21)31(37)36-11-2-3-12-36)29-19-33-28-6-4-5-26(30(28)34-29)22-7-8-24(27(32)18-22)20-35-13-15-40(38,39)16-14-35/h4-10,17-19H,2-3,11-16,20H2,1H3. The number of carbonyl (C=O) groups excluding carboxylic acids is 1. The lowest BCUT2D eigenvalue weighted by Gasteiger charge is -2.26. The van der Waals surface area contributed by atoms with Gasteiger partial charge in [-0.3, -0.25) is 14.7 Å². The summed E-state index contributed by atoms with van der Waals surface area (Å²) in [4.78, 5) is 26.7. The average molecular weight is 575 g/mol. The van der Waals surface area contributed by atoms with Gasteiger partial charge in [-0.15, -0.1) is 0 Å². The molecule has 0 spiro atoms. The van der Waals surface area contributed by atoms with Crippen molar-refractivity contribution in [3.8, 4) is 22.4 Å². The van der Waals surface area contributed by atoms with Crippen LogP contribution in [-0.4, -0.2) is 71.8 Å². The molecule has 2 fully saturated rings. The molecule has 0 saturated carbocycles. The summed E-state index contributed by atoms with van der Waals surface area (Å²) < 4.78 is 23.5. The molecule has 1 amide bonds. The molecule has 7 nitrogen and oxygen atoms in total. The zero-order valence-corrected chi connectivity index (χ0v) is 24.0. The molecule has 0 atom stereocenters. The van der Waals surface area contributed by atoms with Gasteiger partial charge in [-0.25, -0.2) is 13.4 Å². The number of rotatable bonds is 5. The Morgan fingerprint density at radius 3 is 2.42 bits per heavy atom. The van der Waals surface area contributed by atoms with Gasteiger partial charge in [0.1, 0.15) is 0 Å². The molecular formula is C31H31ClN4O3S. The van der Waals surface area contributed by atoms with Crippen molar-refractivity contribution in [3.05, 3.63) is 82.5 Å². The van der Waals surface area contributed by atoms with Crippen molar-refractivity contribution >= 4 is 38.4 Å². The topological polar surface area (TPSA) is 83.5 Å². The first-order valence-electron chi connectivity index (χ1n) is 13.6. The van der Waals surface area contributed by atoms with Crippen LogP contribution in [0.2, 0.25) is 5.02 Å². The number of benzene rings is 3. The highest BCUT2D eigenvalue weighted by molar-refractivity contribution is 7.91. The van der Waals surface area contributed by atoms with E-state index in [4.69, 9.17) is 21.6 Å². The normalized spacial score (nSPS) is 17.4. The fraction of sp³-hybridized carbons (Fsp3) is 0.323. The number of hydrogen-bond donors (Lipinski definition) is 0. The van der Waals surface area contributed by atoms with E-state index in [0.29, 0.717) is 24.7 Å². The molecule has 40 heavy (non-hydrogen) atoms. The van der Waals surface area contributed by atoms with Crippen molar-refractivity contribution in [2.45, 2.75) is 26.3 Å². The molecule has 2 saturated heterocycles. The van der Waals surface area contributed by atoms with E-state index in [1.54, 1.807) is 6.20 Å². The van der Waals surface area contributed by atoms with Crippen molar-refractivity contribution in [1.29, 1.82) is 0 Å². The second-order valence-electron chi connectivity index (χ2n) is 10.7. The summed E-state index contributed by atoms with van der Waals surface area (Å²) in [6.45, 7) is 5.28. The number of amides is 1. The van der Waals surface area contributed by atoms with E-state index in [1.807, 2.05) is 66.4 Å². The molecule has 0 bridgehead atoms. The third-order valence-corrected chi connectivity index (χ3v) is 9.87. The first-order valence-corrected chi connectivity index (χ1v) is 15.8. The molecule has 0 unspecified atom stereocenters. The van der Waals surface area contributed by atoms with Gasteiger partial charge in [0.05, 0.1) is 34.4 Å². The summed E-state index contributed by atoms with van der Waals surface area (Å²) in [7, 11) is -2.92. The van der Waals surface area contributed by atoms with Crippen molar-refractivity contribution < 1.29 is 13.2 Å². The number of aryl methyl sites for hydroxylation is 1. The van der Waals surface area contributed by atoms with Crippen LogP contribution in [-0.2, 0) is 16.4 Å². The number of fused-ring (bicyclic) bond motifs is 1. The molecule has 4 aromatic rings. The number of likely N-dealkylation sites (tertiary alicyclic amines) is 1. The molecule has 206 valence electrons. The molecule has 2 aliphatic heterocycles. The van der Waals surface area contributed by atoms with Gasteiger partial charge in [-0.05, 0) is 60.7 Å².